The Morgan fingerprint density at radius 3 is 2.68 bits per heavy atom. The average Bonchev–Trinajstić information content (AvgIpc) is 2.58. The van der Waals surface area contributed by atoms with Gasteiger partial charge in [-0.25, -0.2) is 9.64 Å². The van der Waals surface area contributed by atoms with Crippen molar-refractivity contribution in [3.63, 3.8) is 0 Å². The van der Waals surface area contributed by atoms with E-state index in [4.69, 9.17) is 11.3 Å². The number of ether oxygens (including phenoxy) is 2. The Balaban J connectivity index is 2.10. The molecule has 0 unspecified atom stereocenters. The molecule has 0 amide bonds. The first-order valence-corrected chi connectivity index (χ1v) is 6.67. The number of rotatable bonds is 5. The van der Waals surface area contributed by atoms with Gasteiger partial charge in [0, 0.05) is 6.08 Å². The van der Waals surface area contributed by atoms with E-state index in [1.807, 2.05) is 30.3 Å². The smallest absolute Gasteiger partial charge is 0.330 e. The van der Waals surface area contributed by atoms with Crippen LogP contribution in [0.25, 0.3) is 10.9 Å². The maximum Gasteiger partial charge on any atom is 0.330 e. The standard InChI is InChI=1S/C18H15NO3/c1-19-17-12-16(22-13-14-6-4-3-5-7-14)10-8-15(17)9-11-18(20)21-2/h3-12H,13H2,2H3/b11-9+. The Morgan fingerprint density at radius 2 is 2.00 bits per heavy atom. The number of benzene rings is 2. The lowest BCUT2D eigenvalue weighted by atomic mass is 10.1. The first-order chi connectivity index (χ1) is 10.7. The molecule has 0 atom stereocenters. The van der Waals surface area contributed by atoms with E-state index in [-0.39, 0.29) is 0 Å². The molecule has 2 aromatic rings. The van der Waals surface area contributed by atoms with Crippen LogP contribution in [0.5, 0.6) is 5.75 Å². The highest BCUT2D eigenvalue weighted by molar-refractivity contribution is 5.88. The second-order valence-electron chi connectivity index (χ2n) is 4.46. The molecule has 0 aromatic heterocycles. The van der Waals surface area contributed by atoms with Gasteiger partial charge in [0.1, 0.15) is 12.4 Å². The van der Waals surface area contributed by atoms with Crippen molar-refractivity contribution in [1.29, 1.82) is 0 Å². The first-order valence-electron chi connectivity index (χ1n) is 6.67. The summed E-state index contributed by atoms with van der Waals surface area (Å²) >= 11 is 0. The number of esters is 1. The van der Waals surface area contributed by atoms with Gasteiger partial charge in [-0.05, 0) is 23.3 Å². The van der Waals surface area contributed by atoms with E-state index in [2.05, 4.69) is 9.58 Å². The third-order valence-electron chi connectivity index (χ3n) is 2.97. The van der Waals surface area contributed by atoms with Crippen molar-refractivity contribution < 1.29 is 14.3 Å². The second kappa shape index (κ2) is 7.65. The molecular weight excluding hydrogens is 278 g/mol. The van der Waals surface area contributed by atoms with Crippen LogP contribution in [-0.2, 0) is 16.1 Å². The minimum absolute atomic E-state index is 0.422. The molecule has 4 heteroatoms. The molecule has 0 aliphatic heterocycles. The van der Waals surface area contributed by atoms with Crippen LogP contribution < -0.4 is 4.74 Å². The minimum atomic E-state index is -0.458. The molecule has 22 heavy (non-hydrogen) atoms. The van der Waals surface area contributed by atoms with E-state index < -0.39 is 5.97 Å². The van der Waals surface area contributed by atoms with Gasteiger partial charge in [0.15, 0.2) is 5.69 Å². The highest BCUT2D eigenvalue weighted by Crippen LogP contribution is 2.27. The summed E-state index contributed by atoms with van der Waals surface area (Å²) in [6.07, 6.45) is 2.84. The van der Waals surface area contributed by atoms with Gasteiger partial charge < -0.3 is 9.47 Å². The highest BCUT2D eigenvalue weighted by Gasteiger charge is 2.04. The summed E-state index contributed by atoms with van der Waals surface area (Å²) in [5.74, 6) is 0.158. The fourth-order valence-corrected chi connectivity index (χ4v) is 1.82. The number of carbonyl (C=O) groups excluding carboxylic acids is 1. The molecule has 0 saturated heterocycles. The summed E-state index contributed by atoms with van der Waals surface area (Å²) in [4.78, 5) is 14.6. The number of carbonyl (C=O) groups is 1. The molecule has 0 N–H and O–H groups in total. The van der Waals surface area contributed by atoms with Crippen molar-refractivity contribution in [3.05, 3.63) is 77.2 Å². The molecule has 0 radical (unpaired) electrons. The summed E-state index contributed by atoms with van der Waals surface area (Å²) in [5, 5.41) is 0. The molecule has 4 nitrogen and oxygen atoms in total. The Morgan fingerprint density at radius 1 is 1.23 bits per heavy atom. The molecule has 110 valence electrons. The van der Waals surface area contributed by atoms with E-state index in [1.54, 1.807) is 24.3 Å². The van der Waals surface area contributed by atoms with Gasteiger partial charge in [0.2, 0.25) is 0 Å². The van der Waals surface area contributed by atoms with E-state index in [0.717, 1.165) is 5.56 Å². The molecule has 0 heterocycles. The first kappa shape index (κ1) is 15.3. The quantitative estimate of drug-likeness (QED) is 0.475. The van der Waals surface area contributed by atoms with Gasteiger partial charge in [0.25, 0.3) is 0 Å². The largest absolute Gasteiger partial charge is 0.490 e. The van der Waals surface area contributed by atoms with Crippen LogP contribution >= 0.6 is 0 Å². The fourth-order valence-electron chi connectivity index (χ4n) is 1.82. The maximum absolute atomic E-state index is 11.1. The Kier molecular flexibility index (Phi) is 5.33. The van der Waals surface area contributed by atoms with E-state index in [0.29, 0.717) is 23.6 Å². The number of methoxy groups -OCH3 is 1. The topological polar surface area (TPSA) is 39.9 Å². The summed E-state index contributed by atoms with van der Waals surface area (Å²) in [6, 6.07) is 15.0. The minimum Gasteiger partial charge on any atom is -0.490 e. The second-order valence-corrected chi connectivity index (χ2v) is 4.46. The van der Waals surface area contributed by atoms with Gasteiger partial charge in [0.05, 0.1) is 13.7 Å². The van der Waals surface area contributed by atoms with Gasteiger partial charge in [-0.15, -0.1) is 0 Å². The summed E-state index contributed by atoms with van der Waals surface area (Å²) in [5.41, 5.74) is 2.12. The fraction of sp³-hybridized carbons (Fsp3) is 0.111. The lowest BCUT2D eigenvalue weighted by Gasteiger charge is -2.08. The van der Waals surface area contributed by atoms with Crippen molar-refractivity contribution in [1.82, 2.24) is 0 Å². The predicted molar refractivity (Wildman–Crippen MR) is 84.5 cm³/mol. The van der Waals surface area contributed by atoms with Crippen molar-refractivity contribution in [2.45, 2.75) is 6.61 Å². The van der Waals surface area contributed by atoms with Crippen molar-refractivity contribution >= 4 is 17.7 Å². The number of hydrogen-bond donors (Lipinski definition) is 0. The lowest BCUT2D eigenvalue weighted by molar-refractivity contribution is -0.134. The Labute approximate surface area is 129 Å². The van der Waals surface area contributed by atoms with Crippen molar-refractivity contribution in [2.24, 2.45) is 0 Å². The van der Waals surface area contributed by atoms with Crippen LogP contribution in [0.1, 0.15) is 11.1 Å². The molecule has 0 saturated carbocycles. The van der Waals surface area contributed by atoms with E-state index in [9.17, 15) is 4.79 Å². The molecule has 0 fully saturated rings. The molecule has 2 rings (SSSR count). The third kappa shape index (κ3) is 4.22. The molecule has 0 aliphatic rings. The van der Waals surface area contributed by atoms with Gasteiger partial charge in [-0.1, -0.05) is 42.5 Å². The molecular formula is C18H15NO3. The van der Waals surface area contributed by atoms with Crippen LogP contribution in [0.3, 0.4) is 0 Å². The van der Waals surface area contributed by atoms with Gasteiger partial charge >= 0.3 is 5.97 Å². The van der Waals surface area contributed by atoms with Crippen LogP contribution in [-0.4, -0.2) is 13.1 Å². The summed E-state index contributed by atoms with van der Waals surface area (Å²) in [7, 11) is 1.31. The van der Waals surface area contributed by atoms with Crippen LogP contribution in [0, 0.1) is 6.57 Å². The molecule has 2 aromatic carbocycles. The Bertz CT molecular complexity index is 715. The molecule has 0 aliphatic carbocycles. The Hall–Kier alpha value is -3.06. The van der Waals surface area contributed by atoms with Crippen molar-refractivity contribution in [3.8, 4) is 5.75 Å². The van der Waals surface area contributed by atoms with Crippen LogP contribution in [0.4, 0.5) is 5.69 Å². The number of nitrogens with zero attached hydrogens (tertiary/aromatic N) is 1. The highest BCUT2D eigenvalue weighted by atomic mass is 16.5. The summed E-state index contributed by atoms with van der Waals surface area (Å²) < 4.78 is 10.2. The van der Waals surface area contributed by atoms with Crippen molar-refractivity contribution in [2.75, 3.05) is 7.11 Å². The SMILES string of the molecule is [C-]#[N+]c1cc(OCc2ccccc2)ccc1/C=C/C(=O)OC. The van der Waals surface area contributed by atoms with Crippen LogP contribution in [0.15, 0.2) is 54.6 Å². The zero-order valence-electron chi connectivity index (χ0n) is 12.2. The zero-order valence-corrected chi connectivity index (χ0v) is 12.2. The number of hydrogen-bond acceptors (Lipinski definition) is 3. The molecule has 0 spiro atoms. The predicted octanol–water partition coefficient (Wildman–Crippen LogP) is 4.00. The molecule has 0 bridgehead atoms. The maximum atomic E-state index is 11.1. The third-order valence-corrected chi connectivity index (χ3v) is 2.97. The summed E-state index contributed by atoms with van der Waals surface area (Å²) in [6.45, 7) is 7.67. The van der Waals surface area contributed by atoms with E-state index in [1.165, 1.54) is 13.2 Å². The normalized spacial score (nSPS) is 10.2. The lowest BCUT2D eigenvalue weighted by Crippen LogP contribution is -1.95. The van der Waals surface area contributed by atoms with Gasteiger partial charge in [-0.3, -0.25) is 0 Å². The van der Waals surface area contributed by atoms with E-state index >= 15 is 0 Å². The zero-order chi connectivity index (χ0) is 15.8. The monoisotopic (exact) mass is 293 g/mol. The average molecular weight is 293 g/mol. The van der Waals surface area contributed by atoms with Crippen LogP contribution in [0.2, 0.25) is 0 Å². The van der Waals surface area contributed by atoms with Gasteiger partial charge in [-0.2, -0.15) is 0 Å².